The Kier molecular flexibility index (Phi) is 7.81. The number of aromatic nitrogens is 1. The molecule has 0 fully saturated rings. The zero-order chi connectivity index (χ0) is 18.2. The van der Waals surface area contributed by atoms with Crippen LogP contribution in [0.2, 0.25) is 0 Å². The van der Waals surface area contributed by atoms with Gasteiger partial charge in [0.2, 0.25) is 5.91 Å². The molecule has 0 saturated carbocycles. The Morgan fingerprint density at radius 3 is 2.56 bits per heavy atom. The lowest BCUT2D eigenvalue weighted by Gasteiger charge is -2.21. The molecule has 0 aliphatic rings. The molecular weight excluding hydrogens is 361 g/mol. The van der Waals surface area contributed by atoms with Crippen LogP contribution >= 0.6 is 22.9 Å². The Balaban J connectivity index is 2.10. The predicted molar refractivity (Wildman–Crippen MR) is 102 cm³/mol. The van der Waals surface area contributed by atoms with Crippen LogP contribution in [0.3, 0.4) is 0 Å². The summed E-state index contributed by atoms with van der Waals surface area (Å²) in [6.45, 7) is 8.09. The van der Waals surface area contributed by atoms with Crippen LogP contribution in [0.25, 0.3) is 11.3 Å². The van der Waals surface area contributed by atoms with Crippen LogP contribution in [0.15, 0.2) is 29.6 Å². The first-order chi connectivity index (χ1) is 12.1. The zero-order valence-electron chi connectivity index (χ0n) is 14.6. The zero-order valence-corrected chi connectivity index (χ0v) is 16.2. The number of alkyl halides is 1. The highest BCUT2D eigenvalue weighted by molar-refractivity contribution is 7.14. The summed E-state index contributed by atoms with van der Waals surface area (Å²) < 4.78 is 13.1. The van der Waals surface area contributed by atoms with Crippen LogP contribution in [0.1, 0.15) is 20.3 Å². The summed E-state index contributed by atoms with van der Waals surface area (Å²) >= 11 is 7.18. The van der Waals surface area contributed by atoms with E-state index in [4.69, 9.17) is 11.6 Å². The van der Waals surface area contributed by atoms with E-state index < -0.39 is 0 Å². The number of quaternary nitrogens is 1. The topological polar surface area (TPSA) is 37.6 Å². The van der Waals surface area contributed by atoms with E-state index >= 15 is 0 Å². The number of nitrogens with one attached hydrogen (secondary N) is 1. The molecule has 25 heavy (non-hydrogen) atoms. The molecule has 0 radical (unpaired) electrons. The molecule has 0 aliphatic carbocycles. The molecule has 136 valence electrons. The van der Waals surface area contributed by atoms with Crippen molar-refractivity contribution in [2.24, 2.45) is 0 Å². The van der Waals surface area contributed by atoms with Crippen molar-refractivity contribution >= 4 is 34.0 Å². The standard InChI is InChI=1S/C18H23ClFN3OS/c1-3-22(4-2)10-5-11-23(17(24)12-19)18-21-16(13-25-18)14-6-8-15(20)9-7-14/h6-9,13H,3-5,10-12H2,1-2H3/p+1. The minimum absolute atomic E-state index is 0.0659. The maximum absolute atomic E-state index is 13.1. The van der Waals surface area contributed by atoms with Gasteiger partial charge < -0.3 is 4.90 Å². The lowest BCUT2D eigenvalue weighted by atomic mass is 10.2. The summed E-state index contributed by atoms with van der Waals surface area (Å²) in [6, 6.07) is 6.18. The monoisotopic (exact) mass is 384 g/mol. The number of thiazole rings is 1. The second kappa shape index (κ2) is 9.85. The minimum atomic E-state index is -0.281. The maximum Gasteiger partial charge on any atom is 0.243 e. The number of carbonyl (C=O) groups is 1. The number of hydrogen-bond acceptors (Lipinski definition) is 3. The molecule has 0 atom stereocenters. The molecule has 7 heteroatoms. The third-order valence-electron chi connectivity index (χ3n) is 4.19. The number of amides is 1. The number of rotatable bonds is 9. The molecule has 1 amide bonds. The number of benzene rings is 1. The van der Waals surface area contributed by atoms with E-state index in [1.807, 2.05) is 5.38 Å². The smallest absolute Gasteiger partial charge is 0.243 e. The molecule has 2 aromatic rings. The first-order valence-electron chi connectivity index (χ1n) is 8.50. The summed E-state index contributed by atoms with van der Waals surface area (Å²) in [5.74, 6) is -0.489. The third kappa shape index (κ3) is 5.49. The maximum atomic E-state index is 13.1. The van der Waals surface area contributed by atoms with Crippen molar-refractivity contribution < 1.29 is 14.1 Å². The van der Waals surface area contributed by atoms with Gasteiger partial charge in [-0.25, -0.2) is 9.37 Å². The Morgan fingerprint density at radius 1 is 1.28 bits per heavy atom. The number of nitrogens with zero attached hydrogens (tertiary/aromatic N) is 2. The summed E-state index contributed by atoms with van der Waals surface area (Å²) in [6.07, 6.45) is 0.894. The van der Waals surface area contributed by atoms with Gasteiger partial charge in [0.05, 0.1) is 25.3 Å². The number of anilines is 1. The summed E-state index contributed by atoms with van der Waals surface area (Å²) in [5, 5.41) is 2.52. The highest BCUT2D eigenvalue weighted by Crippen LogP contribution is 2.28. The van der Waals surface area contributed by atoms with Gasteiger partial charge in [0.25, 0.3) is 0 Å². The molecule has 0 saturated heterocycles. The van der Waals surface area contributed by atoms with E-state index in [2.05, 4.69) is 18.8 Å². The van der Waals surface area contributed by atoms with Crippen molar-refractivity contribution in [2.75, 3.05) is 37.0 Å². The molecule has 0 unspecified atom stereocenters. The molecule has 1 N–H and O–H groups in total. The van der Waals surface area contributed by atoms with Crippen molar-refractivity contribution in [2.45, 2.75) is 20.3 Å². The number of carbonyl (C=O) groups excluding carboxylic acids is 1. The van der Waals surface area contributed by atoms with E-state index in [1.54, 1.807) is 17.0 Å². The summed E-state index contributed by atoms with van der Waals surface area (Å²) in [4.78, 5) is 19.9. The Bertz CT molecular complexity index is 673. The van der Waals surface area contributed by atoms with Gasteiger partial charge >= 0.3 is 0 Å². The molecular formula is C18H24ClFN3OS+. The van der Waals surface area contributed by atoms with Gasteiger partial charge in [0.1, 0.15) is 11.7 Å². The third-order valence-corrected chi connectivity index (χ3v) is 5.28. The highest BCUT2D eigenvalue weighted by atomic mass is 35.5. The van der Waals surface area contributed by atoms with Gasteiger partial charge in [0.15, 0.2) is 5.13 Å². The molecule has 4 nitrogen and oxygen atoms in total. The number of halogens is 2. The number of hydrogen-bond donors (Lipinski definition) is 1. The first kappa shape index (κ1) is 19.8. The van der Waals surface area contributed by atoms with Crippen LogP contribution in [0.5, 0.6) is 0 Å². The van der Waals surface area contributed by atoms with Crippen molar-refractivity contribution in [3.8, 4) is 11.3 Å². The predicted octanol–water partition coefficient (Wildman–Crippen LogP) is 2.84. The van der Waals surface area contributed by atoms with E-state index in [-0.39, 0.29) is 17.6 Å². The summed E-state index contributed by atoms with van der Waals surface area (Å²) in [7, 11) is 0. The average molecular weight is 385 g/mol. The molecule has 1 heterocycles. The van der Waals surface area contributed by atoms with Crippen molar-refractivity contribution in [1.82, 2.24) is 4.98 Å². The Morgan fingerprint density at radius 2 is 1.96 bits per heavy atom. The van der Waals surface area contributed by atoms with Crippen LogP contribution in [-0.4, -0.2) is 43.0 Å². The second-order valence-corrected chi connectivity index (χ2v) is 6.87. The SMILES string of the molecule is CC[NH+](CC)CCCN(C(=O)CCl)c1nc(-c2ccc(F)cc2)cs1. The van der Waals surface area contributed by atoms with Crippen LogP contribution in [0, 0.1) is 5.82 Å². The van der Waals surface area contributed by atoms with Gasteiger partial charge in [-0.1, -0.05) is 0 Å². The van der Waals surface area contributed by atoms with Gasteiger partial charge in [-0.15, -0.1) is 22.9 Å². The average Bonchev–Trinajstić information content (AvgIpc) is 3.11. The Labute approximate surface area is 157 Å². The lowest BCUT2D eigenvalue weighted by Crippen LogP contribution is -3.11. The first-order valence-corrected chi connectivity index (χ1v) is 9.91. The molecule has 0 bridgehead atoms. The normalized spacial score (nSPS) is 11.1. The van der Waals surface area contributed by atoms with Crippen molar-refractivity contribution in [3.05, 3.63) is 35.5 Å². The largest absolute Gasteiger partial charge is 0.335 e. The van der Waals surface area contributed by atoms with Crippen LogP contribution < -0.4 is 9.80 Å². The molecule has 1 aromatic heterocycles. The van der Waals surface area contributed by atoms with E-state index in [0.717, 1.165) is 37.3 Å². The van der Waals surface area contributed by atoms with Gasteiger partial charge in [0, 0.05) is 23.9 Å². The minimum Gasteiger partial charge on any atom is -0.335 e. The van der Waals surface area contributed by atoms with E-state index in [1.165, 1.54) is 28.4 Å². The molecule has 1 aromatic carbocycles. The lowest BCUT2D eigenvalue weighted by molar-refractivity contribution is -0.896. The van der Waals surface area contributed by atoms with Gasteiger partial charge in [-0.3, -0.25) is 9.69 Å². The Hall–Kier alpha value is -1.50. The van der Waals surface area contributed by atoms with E-state index in [9.17, 15) is 9.18 Å². The van der Waals surface area contributed by atoms with E-state index in [0.29, 0.717) is 11.7 Å². The summed E-state index contributed by atoms with van der Waals surface area (Å²) in [5.41, 5.74) is 1.57. The fourth-order valence-electron chi connectivity index (χ4n) is 2.63. The highest BCUT2D eigenvalue weighted by Gasteiger charge is 2.19. The molecule has 0 aliphatic heterocycles. The van der Waals surface area contributed by atoms with Gasteiger partial charge in [-0.05, 0) is 38.1 Å². The fourth-order valence-corrected chi connectivity index (χ4v) is 3.65. The second-order valence-electron chi connectivity index (χ2n) is 5.76. The fraction of sp³-hybridized carbons (Fsp3) is 0.444. The van der Waals surface area contributed by atoms with Crippen molar-refractivity contribution in [3.63, 3.8) is 0 Å². The van der Waals surface area contributed by atoms with Crippen LogP contribution in [-0.2, 0) is 4.79 Å². The van der Waals surface area contributed by atoms with Crippen molar-refractivity contribution in [1.29, 1.82) is 0 Å². The quantitative estimate of drug-likeness (QED) is 0.675. The van der Waals surface area contributed by atoms with Gasteiger partial charge in [-0.2, -0.15) is 0 Å². The molecule has 2 rings (SSSR count). The molecule has 0 spiro atoms. The van der Waals surface area contributed by atoms with Crippen LogP contribution in [0.4, 0.5) is 9.52 Å².